The molecule has 1 aromatic heterocycles. The van der Waals surface area contributed by atoms with Gasteiger partial charge in [0.05, 0.1) is 21.5 Å². The predicted octanol–water partition coefficient (Wildman–Crippen LogP) is 3.09. The number of carbonyl (C=O) groups is 1. The monoisotopic (exact) mass is 476 g/mol. The van der Waals surface area contributed by atoms with Crippen molar-refractivity contribution in [2.75, 3.05) is 31.5 Å². The standard InChI is InChI=1S/C19H20ClF3N4O3S/c1-13(18(28)25-17-7-4-15(20)12-24-17)26-8-10-27(11-9-26)31(29,30)16-5-2-14(3-6-16)19(21,22)23/h2-7,12-13H,8-11H2,1H3,(H,24,25,28). The van der Waals surface area contributed by atoms with Crippen molar-refractivity contribution in [2.24, 2.45) is 0 Å². The van der Waals surface area contributed by atoms with E-state index in [0.29, 0.717) is 23.9 Å². The third-order valence-corrected chi connectivity index (χ3v) is 7.13. The van der Waals surface area contributed by atoms with E-state index < -0.39 is 27.8 Å². The minimum absolute atomic E-state index is 0.111. The molecule has 1 amide bonds. The fourth-order valence-corrected chi connectivity index (χ4v) is 4.68. The molecule has 168 valence electrons. The Balaban J connectivity index is 1.60. The number of pyridine rings is 1. The zero-order chi connectivity index (χ0) is 22.8. The van der Waals surface area contributed by atoms with Gasteiger partial charge in [-0.15, -0.1) is 0 Å². The SMILES string of the molecule is CC(C(=O)Nc1ccc(Cl)cn1)N1CCN(S(=O)(=O)c2ccc(C(F)(F)F)cc2)CC1. The van der Waals surface area contributed by atoms with Gasteiger partial charge in [0.25, 0.3) is 0 Å². The fraction of sp³-hybridized carbons (Fsp3) is 0.368. The van der Waals surface area contributed by atoms with Gasteiger partial charge in [-0.1, -0.05) is 11.6 Å². The van der Waals surface area contributed by atoms with Crippen LogP contribution in [0.1, 0.15) is 12.5 Å². The lowest BCUT2D eigenvalue weighted by atomic mass is 10.2. The fourth-order valence-electron chi connectivity index (χ4n) is 3.14. The number of hydrogen-bond acceptors (Lipinski definition) is 5. The van der Waals surface area contributed by atoms with Crippen molar-refractivity contribution < 1.29 is 26.4 Å². The Hall–Kier alpha value is -2.21. The molecular weight excluding hydrogens is 457 g/mol. The van der Waals surface area contributed by atoms with Crippen molar-refractivity contribution in [1.82, 2.24) is 14.2 Å². The maximum absolute atomic E-state index is 12.8. The maximum Gasteiger partial charge on any atom is 0.416 e. The van der Waals surface area contributed by atoms with Crippen molar-refractivity contribution >= 4 is 33.3 Å². The van der Waals surface area contributed by atoms with Gasteiger partial charge in [0.1, 0.15) is 5.82 Å². The highest BCUT2D eigenvalue weighted by Crippen LogP contribution is 2.30. The minimum Gasteiger partial charge on any atom is -0.309 e. The number of carbonyl (C=O) groups excluding carboxylic acids is 1. The summed E-state index contributed by atoms with van der Waals surface area (Å²) < 4.78 is 64.8. The Morgan fingerprint density at radius 1 is 1.10 bits per heavy atom. The predicted molar refractivity (Wildman–Crippen MR) is 109 cm³/mol. The Labute approximate surface area is 182 Å². The van der Waals surface area contributed by atoms with Crippen LogP contribution < -0.4 is 5.32 Å². The molecule has 1 atom stereocenters. The molecule has 0 bridgehead atoms. The summed E-state index contributed by atoms with van der Waals surface area (Å²) in [5.74, 6) is 0.0543. The van der Waals surface area contributed by atoms with Gasteiger partial charge < -0.3 is 5.32 Å². The molecular formula is C19H20ClF3N4O3S. The summed E-state index contributed by atoms with van der Waals surface area (Å²) in [6, 6.07) is 6.05. The lowest BCUT2D eigenvalue weighted by molar-refractivity contribution is -0.137. The van der Waals surface area contributed by atoms with Crippen LogP contribution in [0.3, 0.4) is 0 Å². The summed E-state index contributed by atoms with van der Waals surface area (Å²) in [5, 5.41) is 3.12. The van der Waals surface area contributed by atoms with E-state index in [0.717, 1.165) is 24.3 Å². The molecule has 2 heterocycles. The molecule has 1 aliphatic rings. The number of amides is 1. The van der Waals surface area contributed by atoms with Crippen LogP contribution >= 0.6 is 11.6 Å². The second-order valence-corrected chi connectivity index (χ2v) is 9.36. The molecule has 1 unspecified atom stereocenters. The summed E-state index contributed by atoms with van der Waals surface area (Å²) in [6.45, 7) is 2.51. The van der Waals surface area contributed by atoms with E-state index >= 15 is 0 Å². The van der Waals surface area contributed by atoms with Crippen LogP contribution in [0.4, 0.5) is 19.0 Å². The van der Waals surface area contributed by atoms with Crippen LogP contribution in [0.2, 0.25) is 5.02 Å². The quantitative estimate of drug-likeness (QED) is 0.717. The Bertz CT molecular complexity index is 1020. The van der Waals surface area contributed by atoms with Crippen LogP contribution in [-0.2, 0) is 21.0 Å². The van der Waals surface area contributed by atoms with Crippen molar-refractivity contribution in [3.8, 4) is 0 Å². The number of benzene rings is 1. The zero-order valence-electron chi connectivity index (χ0n) is 16.4. The van der Waals surface area contributed by atoms with E-state index in [1.807, 2.05) is 4.90 Å². The number of halogens is 4. The van der Waals surface area contributed by atoms with Crippen LogP contribution in [-0.4, -0.2) is 60.7 Å². The van der Waals surface area contributed by atoms with Gasteiger partial charge in [-0.05, 0) is 43.3 Å². The van der Waals surface area contributed by atoms with Crippen LogP contribution in [0.25, 0.3) is 0 Å². The maximum atomic E-state index is 12.8. The molecule has 1 N–H and O–H groups in total. The Morgan fingerprint density at radius 3 is 2.23 bits per heavy atom. The van der Waals surface area contributed by atoms with Gasteiger partial charge in [0.2, 0.25) is 15.9 Å². The molecule has 0 aliphatic carbocycles. The number of rotatable bonds is 5. The lowest BCUT2D eigenvalue weighted by Crippen LogP contribution is -2.53. The van der Waals surface area contributed by atoms with Crippen molar-refractivity contribution in [3.63, 3.8) is 0 Å². The van der Waals surface area contributed by atoms with Crippen molar-refractivity contribution in [1.29, 1.82) is 0 Å². The number of alkyl halides is 3. The number of nitrogens with one attached hydrogen (secondary N) is 1. The third kappa shape index (κ3) is 5.53. The molecule has 7 nitrogen and oxygen atoms in total. The number of anilines is 1. The van der Waals surface area contributed by atoms with E-state index in [1.54, 1.807) is 19.1 Å². The van der Waals surface area contributed by atoms with Crippen LogP contribution in [0, 0.1) is 0 Å². The molecule has 1 aromatic carbocycles. The van der Waals surface area contributed by atoms with E-state index in [4.69, 9.17) is 11.6 Å². The highest BCUT2D eigenvalue weighted by Gasteiger charge is 2.34. The zero-order valence-corrected chi connectivity index (χ0v) is 18.0. The molecule has 0 radical (unpaired) electrons. The van der Waals surface area contributed by atoms with Gasteiger partial charge in [-0.2, -0.15) is 17.5 Å². The van der Waals surface area contributed by atoms with Crippen molar-refractivity contribution in [3.05, 3.63) is 53.2 Å². The Kier molecular flexibility index (Phi) is 6.89. The molecule has 0 saturated carbocycles. The first-order valence-corrected chi connectivity index (χ1v) is 11.1. The van der Waals surface area contributed by atoms with Gasteiger partial charge in [0, 0.05) is 32.4 Å². The largest absolute Gasteiger partial charge is 0.416 e. The van der Waals surface area contributed by atoms with E-state index in [1.165, 1.54) is 10.5 Å². The molecule has 3 rings (SSSR count). The average Bonchev–Trinajstić information content (AvgIpc) is 2.74. The summed E-state index contributed by atoms with van der Waals surface area (Å²) in [7, 11) is -3.93. The number of hydrogen-bond donors (Lipinski definition) is 1. The first-order chi connectivity index (χ1) is 14.5. The van der Waals surface area contributed by atoms with Crippen LogP contribution in [0.5, 0.6) is 0 Å². The number of piperazine rings is 1. The second-order valence-electron chi connectivity index (χ2n) is 6.99. The summed E-state index contributed by atoms with van der Waals surface area (Å²) in [4.78, 5) is 18.1. The molecule has 2 aromatic rings. The summed E-state index contributed by atoms with van der Waals surface area (Å²) >= 11 is 5.77. The normalized spacial score (nSPS) is 17.3. The highest BCUT2D eigenvalue weighted by atomic mass is 35.5. The van der Waals surface area contributed by atoms with E-state index in [-0.39, 0.29) is 23.9 Å². The van der Waals surface area contributed by atoms with E-state index in [9.17, 15) is 26.4 Å². The summed E-state index contributed by atoms with van der Waals surface area (Å²) in [5.41, 5.74) is -0.911. The third-order valence-electron chi connectivity index (χ3n) is 5.00. The van der Waals surface area contributed by atoms with Crippen LogP contribution in [0.15, 0.2) is 47.5 Å². The molecule has 1 aliphatic heterocycles. The number of aromatic nitrogens is 1. The first kappa shape index (κ1) is 23.5. The highest BCUT2D eigenvalue weighted by molar-refractivity contribution is 7.89. The average molecular weight is 477 g/mol. The lowest BCUT2D eigenvalue weighted by Gasteiger charge is -2.36. The van der Waals surface area contributed by atoms with E-state index in [2.05, 4.69) is 10.3 Å². The number of nitrogens with zero attached hydrogens (tertiary/aromatic N) is 3. The number of sulfonamides is 1. The van der Waals surface area contributed by atoms with Gasteiger partial charge in [0.15, 0.2) is 0 Å². The Morgan fingerprint density at radius 2 is 1.71 bits per heavy atom. The molecule has 1 fully saturated rings. The van der Waals surface area contributed by atoms with Gasteiger partial charge in [-0.25, -0.2) is 13.4 Å². The van der Waals surface area contributed by atoms with Crippen molar-refractivity contribution in [2.45, 2.75) is 24.0 Å². The first-order valence-electron chi connectivity index (χ1n) is 9.32. The molecule has 12 heteroatoms. The van der Waals surface area contributed by atoms with Gasteiger partial charge >= 0.3 is 6.18 Å². The van der Waals surface area contributed by atoms with Gasteiger partial charge in [-0.3, -0.25) is 9.69 Å². The summed E-state index contributed by atoms with van der Waals surface area (Å²) in [6.07, 6.45) is -3.13. The topological polar surface area (TPSA) is 82.6 Å². The smallest absolute Gasteiger partial charge is 0.309 e. The minimum atomic E-state index is -4.54. The molecule has 1 saturated heterocycles. The molecule has 31 heavy (non-hydrogen) atoms. The molecule has 0 spiro atoms. The second kappa shape index (κ2) is 9.11.